The van der Waals surface area contributed by atoms with Gasteiger partial charge in [-0.3, -0.25) is 9.69 Å². The second kappa shape index (κ2) is 7.31. The summed E-state index contributed by atoms with van der Waals surface area (Å²) in [5.41, 5.74) is 4.83. The number of amides is 3. The molecule has 2 N–H and O–H groups in total. The Kier molecular flexibility index (Phi) is 4.68. The maximum atomic E-state index is 12.8. The van der Waals surface area contributed by atoms with Crippen molar-refractivity contribution in [1.82, 2.24) is 14.8 Å². The lowest BCUT2D eigenvalue weighted by Crippen LogP contribution is -2.30. The second-order valence-corrected chi connectivity index (χ2v) is 7.04. The molecule has 6 nitrogen and oxygen atoms in total. The molecule has 0 atom stereocenters. The first kappa shape index (κ1) is 18.6. The van der Waals surface area contributed by atoms with Crippen molar-refractivity contribution in [3.8, 4) is 11.4 Å². The Labute approximate surface area is 168 Å². The zero-order valence-corrected chi connectivity index (χ0v) is 16.2. The van der Waals surface area contributed by atoms with E-state index < -0.39 is 6.03 Å². The van der Waals surface area contributed by atoms with Crippen LogP contribution in [0.3, 0.4) is 0 Å². The molecule has 0 spiro atoms. The third kappa shape index (κ3) is 3.52. The summed E-state index contributed by atoms with van der Waals surface area (Å²) in [6, 6.07) is 17.9. The molecule has 0 bridgehead atoms. The van der Waals surface area contributed by atoms with Crippen molar-refractivity contribution in [2.45, 2.75) is 20.4 Å². The number of carbonyl (C=O) groups is 2. The highest BCUT2D eigenvalue weighted by Gasteiger charge is 2.33. The van der Waals surface area contributed by atoms with Gasteiger partial charge < -0.3 is 15.0 Å². The Morgan fingerprint density at radius 3 is 2.38 bits per heavy atom. The van der Waals surface area contributed by atoms with E-state index in [1.165, 1.54) is 4.90 Å². The van der Waals surface area contributed by atoms with Crippen molar-refractivity contribution in [3.63, 3.8) is 0 Å². The zero-order chi connectivity index (χ0) is 20.5. The first-order chi connectivity index (χ1) is 13.9. The maximum absolute atomic E-state index is 12.8. The van der Waals surface area contributed by atoms with Gasteiger partial charge in [0.25, 0.3) is 5.91 Å². The third-order valence-corrected chi connectivity index (χ3v) is 5.02. The van der Waals surface area contributed by atoms with Crippen LogP contribution in [0.1, 0.15) is 22.5 Å². The molecular weight excluding hydrogens is 366 g/mol. The molecule has 1 saturated heterocycles. The molecule has 4 rings (SSSR count). The van der Waals surface area contributed by atoms with E-state index in [9.17, 15) is 14.7 Å². The number of nitrogens with zero attached hydrogens (tertiary/aromatic N) is 2. The summed E-state index contributed by atoms with van der Waals surface area (Å²) in [4.78, 5) is 26.3. The smallest absolute Gasteiger partial charge is 0.329 e. The van der Waals surface area contributed by atoms with E-state index in [1.54, 1.807) is 18.2 Å². The minimum atomic E-state index is -0.419. The highest BCUT2D eigenvalue weighted by atomic mass is 16.3. The van der Waals surface area contributed by atoms with Crippen molar-refractivity contribution in [1.29, 1.82) is 0 Å². The van der Waals surface area contributed by atoms with E-state index in [4.69, 9.17) is 0 Å². The molecule has 6 heteroatoms. The van der Waals surface area contributed by atoms with Gasteiger partial charge in [0.2, 0.25) is 0 Å². The monoisotopic (exact) mass is 387 g/mol. The molecule has 0 saturated carbocycles. The Hall–Kier alpha value is -3.80. The average molecular weight is 387 g/mol. The van der Waals surface area contributed by atoms with Gasteiger partial charge in [0.05, 0.1) is 6.54 Å². The number of phenols is 1. The average Bonchev–Trinajstić information content (AvgIpc) is 3.13. The van der Waals surface area contributed by atoms with Gasteiger partial charge in [-0.05, 0) is 61.4 Å². The molecule has 1 fully saturated rings. The molecule has 146 valence electrons. The molecule has 1 aromatic heterocycles. The number of imide groups is 1. The summed E-state index contributed by atoms with van der Waals surface area (Å²) < 4.78 is 2.04. The number of benzene rings is 2. The third-order valence-electron chi connectivity index (χ3n) is 5.02. The number of rotatable bonds is 4. The van der Waals surface area contributed by atoms with Gasteiger partial charge in [-0.1, -0.05) is 30.3 Å². The molecule has 0 aliphatic carbocycles. The second-order valence-electron chi connectivity index (χ2n) is 7.04. The van der Waals surface area contributed by atoms with Gasteiger partial charge in [-0.25, -0.2) is 4.79 Å². The molecule has 1 aliphatic heterocycles. The van der Waals surface area contributed by atoms with E-state index in [0.29, 0.717) is 0 Å². The number of aromatic hydroxyl groups is 1. The van der Waals surface area contributed by atoms with Crippen LogP contribution < -0.4 is 5.32 Å². The summed E-state index contributed by atoms with van der Waals surface area (Å²) in [6.07, 6.45) is 1.71. The Balaban J connectivity index is 1.63. The van der Waals surface area contributed by atoms with Crippen LogP contribution in [0.2, 0.25) is 0 Å². The number of aromatic nitrogens is 1. The molecule has 1 aliphatic rings. The van der Waals surface area contributed by atoms with Crippen molar-refractivity contribution in [2.75, 3.05) is 0 Å². The minimum absolute atomic E-state index is 0.205. The lowest BCUT2D eigenvalue weighted by atomic mass is 10.2. The van der Waals surface area contributed by atoms with Gasteiger partial charge in [-0.15, -0.1) is 0 Å². The summed E-state index contributed by atoms with van der Waals surface area (Å²) in [7, 11) is 0. The number of hydrogen-bond donors (Lipinski definition) is 2. The lowest BCUT2D eigenvalue weighted by Gasteiger charge is -2.11. The molecule has 0 radical (unpaired) electrons. The molecule has 3 amide bonds. The number of phenolic OH excluding ortho intramolecular Hbond substituents is 1. The molecule has 3 aromatic rings. The van der Waals surface area contributed by atoms with Crippen molar-refractivity contribution in [2.24, 2.45) is 0 Å². The molecule has 0 unspecified atom stereocenters. The van der Waals surface area contributed by atoms with Crippen LogP contribution >= 0.6 is 0 Å². The number of urea groups is 1. The lowest BCUT2D eigenvalue weighted by molar-refractivity contribution is -0.123. The van der Waals surface area contributed by atoms with E-state index in [1.807, 2.05) is 66.9 Å². The van der Waals surface area contributed by atoms with E-state index in [-0.39, 0.29) is 23.9 Å². The normalized spacial score (nSPS) is 15.2. The SMILES string of the molecule is Cc1cc(/C=C2/NC(=O)N(Cc3ccccc3)C2=O)c(C)n1-c1ccc(O)cc1. The van der Waals surface area contributed by atoms with E-state index >= 15 is 0 Å². The van der Waals surface area contributed by atoms with Crippen molar-refractivity contribution < 1.29 is 14.7 Å². The Morgan fingerprint density at radius 1 is 1.00 bits per heavy atom. The van der Waals surface area contributed by atoms with Gasteiger partial charge in [0.15, 0.2) is 0 Å². The Morgan fingerprint density at radius 2 is 1.69 bits per heavy atom. The summed E-state index contributed by atoms with van der Waals surface area (Å²) in [5, 5.41) is 12.2. The quantitative estimate of drug-likeness (QED) is 0.527. The molecule has 29 heavy (non-hydrogen) atoms. The van der Waals surface area contributed by atoms with Gasteiger partial charge in [-0.2, -0.15) is 0 Å². The van der Waals surface area contributed by atoms with Crippen LogP contribution in [0.5, 0.6) is 5.75 Å². The Bertz CT molecular complexity index is 1110. The van der Waals surface area contributed by atoms with Gasteiger partial charge in [0, 0.05) is 17.1 Å². The number of aryl methyl sites for hydroxylation is 1. The molecular formula is C23H21N3O3. The number of nitrogens with one attached hydrogen (secondary N) is 1. The van der Waals surface area contributed by atoms with E-state index in [2.05, 4.69) is 5.32 Å². The van der Waals surface area contributed by atoms with Crippen LogP contribution in [0, 0.1) is 13.8 Å². The summed E-state index contributed by atoms with van der Waals surface area (Å²) in [6.45, 7) is 4.16. The minimum Gasteiger partial charge on any atom is -0.508 e. The predicted octanol–water partition coefficient (Wildman–Crippen LogP) is 3.89. The first-order valence-corrected chi connectivity index (χ1v) is 9.31. The number of hydrogen-bond acceptors (Lipinski definition) is 3. The largest absolute Gasteiger partial charge is 0.508 e. The van der Waals surface area contributed by atoms with Crippen LogP contribution in [0.4, 0.5) is 4.79 Å². The number of carbonyl (C=O) groups excluding carboxylic acids is 2. The first-order valence-electron chi connectivity index (χ1n) is 9.31. The fourth-order valence-electron chi connectivity index (χ4n) is 3.57. The fourth-order valence-corrected chi connectivity index (χ4v) is 3.57. The summed E-state index contributed by atoms with van der Waals surface area (Å²) >= 11 is 0. The van der Waals surface area contributed by atoms with E-state index in [0.717, 1.165) is 28.2 Å². The maximum Gasteiger partial charge on any atom is 0.329 e. The van der Waals surface area contributed by atoms with Gasteiger partial charge >= 0.3 is 6.03 Å². The van der Waals surface area contributed by atoms with Crippen molar-refractivity contribution >= 4 is 18.0 Å². The van der Waals surface area contributed by atoms with Crippen LogP contribution in [-0.4, -0.2) is 26.5 Å². The standard InChI is InChI=1S/C23H21N3O3/c1-15-12-18(16(2)26(15)19-8-10-20(27)11-9-19)13-21-22(28)25(23(29)24-21)14-17-6-4-3-5-7-17/h3-13,27H,14H2,1-2H3,(H,24,29)/b21-13+. The van der Waals surface area contributed by atoms with Crippen molar-refractivity contribution in [3.05, 3.63) is 88.9 Å². The highest BCUT2D eigenvalue weighted by molar-refractivity contribution is 6.13. The summed E-state index contributed by atoms with van der Waals surface area (Å²) in [5.74, 6) is -0.135. The predicted molar refractivity (Wildman–Crippen MR) is 110 cm³/mol. The van der Waals surface area contributed by atoms with Crippen LogP contribution in [0.15, 0.2) is 66.4 Å². The molecule has 2 aromatic carbocycles. The topological polar surface area (TPSA) is 74.6 Å². The van der Waals surface area contributed by atoms with Crippen LogP contribution in [0.25, 0.3) is 11.8 Å². The van der Waals surface area contributed by atoms with Gasteiger partial charge in [0.1, 0.15) is 11.4 Å². The zero-order valence-electron chi connectivity index (χ0n) is 16.2. The fraction of sp³-hybridized carbons (Fsp3) is 0.130. The molecule has 2 heterocycles. The highest BCUT2D eigenvalue weighted by Crippen LogP contribution is 2.25. The van der Waals surface area contributed by atoms with Crippen LogP contribution in [-0.2, 0) is 11.3 Å².